The number of ether oxygens (including phenoxy) is 3. The molecule has 1 atom stereocenters. The maximum absolute atomic E-state index is 12.8. The lowest BCUT2D eigenvalue weighted by Crippen LogP contribution is -2.35. The van der Waals surface area contributed by atoms with Crippen LogP contribution in [0.25, 0.3) is 0 Å². The summed E-state index contributed by atoms with van der Waals surface area (Å²) in [5.74, 6) is 3.62. The number of carbonyl (C=O) groups excluding carboxylic acids is 1. The number of nitrogens with one attached hydrogen (secondary N) is 1. The third-order valence-corrected chi connectivity index (χ3v) is 9.09. The molecule has 0 radical (unpaired) electrons. The summed E-state index contributed by atoms with van der Waals surface area (Å²) in [7, 11) is 1.77. The van der Waals surface area contributed by atoms with Gasteiger partial charge in [0.15, 0.2) is 17.6 Å². The zero-order valence-corrected chi connectivity index (χ0v) is 19.5. The van der Waals surface area contributed by atoms with Crippen molar-refractivity contribution in [3.8, 4) is 23.8 Å². The molecule has 5 nitrogen and oxygen atoms in total. The molecular weight excluding hydrogens is 402 g/mol. The predicted molar refractivity (Wildman–Crippen MR) is 121 cm³/mol. The van der Waals surface area contributed by atoms with Crippen LogP contribution in [0.4, 0.5) is 0 Å². The van der Waals surface area contributed by atoms with Crippen LogP contribution < -0.4 is 19.3 Å². The van der Waals surface area contributed by atoms with Gasteiger partial charge in [0, 0.05) is 11.4 Å². The zero-order valence-electron chi connectivity index (χ0n) is 17.7. The number of methoxy groups -OCH3 is 2. The lowest BCUT2D eigenvalue weighted by Gasteiger charge is -2.16. The molecule has 1 aromatic heterocycles. The van der Waals surface area contributed by atoms with Crippen LogP contribution in [-0.4, -0.2) is 41.4 Å². The Balaban J connectivity index is 2.03. The second kappa shape index (κ2) is 10.5. The van der Waals surface area contributed by atoms with Crippen molar-refractivity contribution in [2.75, 3.05) is 27.4 Å². The van der Waals surface area contributed by atoms with E-state index in [0.29, 0.717) is 24.5 Å². The minimum atomic E-state index is -1.44. The molecule has 0 aliphatic heterocycles. The topological polar surface area (TPSA) is 56.8 Å². The molecule has 1 amide bonds. The van der Waals surface area contributed by atoms with Crippen molar-refractivity contribution in [2.24, 2.45) is 0 Å². The van der Waals surface area contributed by atoms with Crippen LogP contribution in [0.5, 0.6) is 11.5 Å². The Hall–Kier alpha value is -2.27. The molecule has 0 saturated heterocycles. The zero-order chi connectivity index (χ0) is 21.4. The fraction of sp³-hybridized carbons (Fsp3) is 0.409. The fourth-order valence-corrected chi connectivity index (χ4v) is 5.74. The number of thiophene rings is 1. The fourth-order valence-electron chi connectivity index (χ4n) is 2.77. The summed E-state index contributed by atoms with van der Waals surface area (Å²) in [5.41, 5.74) is 1.04. The molecule has 1 heterocycles. The van der Waals surface area contributed by atoms with E-state index >= 15 is 0 Å². The number of terminal acetylenes is 1. The highest BCUT2D eigenvalue weighted by Gasteiger charge is 2.26. The summed E-state index contributed by atoms with van der Waals surface area (Å²) in [5, 5.41) is 2.97. The minimum absolute atomic E-state index is 0.0912. The standard InChI is InChI=1S/C22H29NO4SSi/c1-7-14-27-21(19-10-11-20(28-19)29(4,5)6)22(24)23-13-12-16-8-9-17(25-2)18(15-16)26-3/h1,8-11,15,21H,12-14H2,2-6H3,(H,23,24). The Kier molecular flexibility index (Phi) is 8.32. The first-order chi connectivity index (χ1) is 13.8. The average molecular weight is 432 g/mol. The van der Waals surface area contributed by atoms with Crippen molar-refractivity contribution >= 4 is 29.8 Å². The van der Waals surface area contributed by atoms with Crippen molar-refractivity contribution < 1.29 is 19.0 Å². The highest BCUT2D eigenvalue weighted by Crippen LogP contribution is 2.28. The first-order valence-electron chi connectivity index (χ1n) is 9.44. The van der Waals surface area contributed by atoms with Crippen LogP contribution in [0.15, 0.2) is 30.3 Å². The molecule has 2 aromatic rings. The van der Waals surface area contributed by atoms with E-state index < -0.39 is 14.2 Å². The van der Waals surface area contributed by atoms with Crippen LogP contribution in [0.3, 0.4) is 0 Å². The Morgan fingerprint density at radius 3 is 2.48 bits per heavy atom. The van der Waals surface area contributed by atoms with Gasteiger partial charge < -0.3 is 19.5 Å². The van der Waals surface area contributed by atoms with Gasteiger partial charge in [-0.15, -0.1) is 17.8 Å². The quantitative estimate of drug-likeness (QED) is 0.463. The number of hydrogen-bond donors (Lipinski definition) is 1. The monoisotopic (exact) mass is 431 g/mol. The third kappa shape index (κ3) is 6.36. The second-order valence-corrected chi connectivity index (χ2v) is 14.1. The summed E-state index contributed by atoms with van der Waals surface area (Å²) >= 11 is 1.64. The van der Waals surface area contributed by atoms with E-state index in [-0.39, 0.29) is 12.5 Å². The van der Waals surface area contributed by atoms with Crippen LogP contribution in [0, 0.1) is 12.3 Å². The molecule has 0 spiro atoms. The van der Waals surface area contributed by atoms with E-state index in [0.717, 1.165) is 10.4 Å². The lowest BCUT2D eigenvalue weighted by atomic mass is 10.1. The predicted octanol–water partition coefficient (Wildman–Crippen LogP) is 3.36. The first kappa shape index (κ1) is 23.0. The van der Waals surface area contributed by atoms with Crippen LogP contribution >= 0.6 is 11.3 Å². The smallest absolute Gasteiger partial charge is 0.254 e. The second-order valence-electron chi connectivity index (χ2n) is 7.58. The van der Waals surface area contributed by atoms with Gasteiger partial charge in [-0.2, -0.15) is 0 Å². The average Bonchev–Trinajstić information content (AvgIpc) is 3.18. The number of carbonyl (C=O) groups is 1. The summed E-state index contributed by atoms with van der Waals surface area (Å²) in [6.07, 6.45) is 5.31. The van der Waals surface area contributed by atoms with Gasteiger partial charge >= 0.3 is 0 Å². The van der Waals surface area contributed by atoms with Gasteiger partial charge in [0.05, 0.1) is 22.3 Å². The Labute approximate surface area is 178 Å². The highest BCUT2D eigenvalue weighted by molar-refractivity contribution is 7.26. The van der Waals surface area contributed by atoms with Crippen molar-refractivity contribution in [1.29, 1.82) is 0 Å². The molecule has 1 unspecified atom stereocenters. The number of amides is 1. The Bertz CT molecular complexity index is 866. The van der Waals surface area contributed by atoms with Crippen molar-refractivity contribution in [2.45, 2.75) is 32.2 Å². The molecule has 29 heavy (non-hydrogen) atoms. The summed E-state index contributed by atoms with van der Waals surface area (Å²) in [6, 6.07) is 9.82. The minimum Gasteiger partial charge on any atom is -0.493 e. The van der Waals surface area contributed by atoms with E-state index in [1.54, 1.807) is 25.6 Å². The molecule has 7 heteroatoms. The molecule has 0 fully saturated rings. The number of hydrogen-bond acceptors (Lipinski definition) is 5. The maximum atomic E-state index is 12.8. The molecule has 1 N–H and O–H groups in total. The molecule has 0 aliphatic rings. The largest absolute Gasteiger partial charge is 0.493 e. The van der Waals surface area contributed by atoms with Gasteiger partial charge in [-0.05, 0) is 34.7 Å². The van der Waals surface area contributed by atoms with Gasteiger partial charge in [0.2, 0.25) is 0 Å². The van der Waals surface area contributed by atoms with Gasteiger partial charge in [-0.3, -0.25) is 4.79 Å². The molecule has 156 valence electrons. The van der Waals surface area contributed by atoms with E-state index in [9.17, 15) is 4.79 Å². The van der Waals surface area contributed by atoms with Gasteiger partial charge in [-0.25, -0.2) is 0 Å². The van der Waals surface area contributed by atoms with E-state index in [1.807, 2.05) is 24.3 Å². The molecule has 1 aromatic carbocycles. The molecule has 0 aliphatic carbocycles. The van der Waals surface area contributed by atoms with E-state index in [2.05, 4.69) is 36.9 Å². The van der Waals surface area contributed by atoms with Crippen LogP contribution in [-0.2, 0) is 16.0 Å². The van der Waals surface area contributed by atoms with Crippen molar-refractivity contribution in [3.63, 3.8) is 0 Å². The van der Waals surface area contributed by atoms with Crippen LogP contribution in [0.2, 0.25) is 19.6 Å². The summed E-state index contributed by atoms with van der Waals surface area (Å²) in [6.45, 7) is 7.42. The molecule has 0 saturated carbocycles. The maximum Gasteiger partial charge on any atom is 0.254 e. The first-order valence-corrected chi connectivity index (χ1v) is 13.8. The van der Waals surface area contributed by atoms with Crippen molar-refractivity contribution in [1.82, 2.24) is 5.32 Å². The summed E-state index contributed by atoms with van der Waals surface area (Å²) < 4.78 is 17.6. The number of rotatable bonds is 10. The van der Waals surface area contributed by atoms with Crippen molar-refractivity contribution in [3.05, 3.63) is 40.8 Å². The molecule has 0 bridgehead atoms. The Morgan fingerprint density at radius 1 is 1.17 bits per heavy atom. The SMILES string of the molecule is C#CCOC(C(=O)NCCc1ccc(OC)c(OC)c1)c1ccc([Si](C)(C)C)s1. The summed E-state index contributed by atoms with van der Waals surface area (Å²) in [4.78, 5) is 13.7. The van der Waals surface area contributed by atoms with Gasteiger partial charge in [0.1, 0.15) is 6.61 Å². The van der Waals surface area contributed by atoms with Crippen LogP contribution in [0.1, 0.15) is 16.5 Å². The number of benzene rings is 1. The lowest BCUT2D eigenvalue weighted by molar-refractivity contribution is -0.132. The van der Waals surface area contributed by atoms with E-state index in [1.165, 1.54) is 4.50 Å². The molecule has 2 rings (SSSR count). The Morgan fingerprint density at radius 2 is 1.90 bits per heavy atom. The van der Waals surface area contributed by atoms with Gasteiger partial charge in [-0.1, -0.05) is 37.7 Å². The molecular formula is C22H29NO4SSi. The van der Waals surface area contributed by atoms with E-state index in [4.69, 9.17) is 20.6 Å². The highest BCUT2D eigenvalue weighted by atomic mass is 32.1. The normalized spacial score (nSPS) is 12.1. The van der Waals surface area contributed by atoms with Gasteiger partial charge in [0.25, 0.3) is 5.91 Å². The third-order valence-electron chi connectivity index (χ3n) is 4.36.